The summed E-state index contributed by atoms with van der Waals surface area (Å²) in [5.41, 5.74) is 1.82. The molecule has 2 rings (SSSR count). The minimum Gasteiger partial charge on any atom is -0.373 e. The highest BCUT2D eigenvalue weighted by atomic mass is 19.3. The number of likely N-dealkylation sites (N-methyl/N-ethyl adjacent to an activating group) is 1. The predicted octanol–water partition coefficient (Wildman–Crippen LogP) is 3.70. The Labute approximate surface area is 107 Å². The summed E-state index contributed by atoms with van der Waals surface area (Å²) in [6.07, 6.45) is 1.93. The molecule has 0 radical (unpaired) electrons. The third kappa shape index (κ3) is 2.08. The molecule has 4 heteroatoms. The largest absolute Gasteiger partial charge is 0.373 e. The van der Waals surface area contributed by atoms with Gasteiger partial charge in [-0.25, -0.2) is 0 Å². The van der Waals surface area contributed by atoms with E-state index in [1.54, 1.807) is 19.2 Å². The standard InChI is InChI=1S/C14H20F2N2/c1-5-6-14(15,16)12-7-11-10(8-17-12)13(2,3)9-18(11)4/h7-8H,5-6,9H2,1-4H3. The highest BCUT2D eigenvalue weighted by Gasteiger charge is 2.38. The first kappa shape index (κ1) is 13.2. The maximum absolute atomic E-state index is 13.9. The van der Waals surface area contributed by atoms with Gasteiger partial charge in [-0.15, -0.1) is 0 Å². The molecule has 100 valence electrons. The number of fused-ring (bicyclic) bond motifs is 1. The second kappa shape index (κ2) is 4.18. The molecule has 2 nitrogen and oxygen atoms in total. The molecule has 0 bridgehead atoms. The van der Waals surface area contributed by atoms with Gasteiger partial charge in [0.25, 0.3) is 5.92 Å². The third-order valence-corrected chi connectivity index (χ3v) is 3.59. The second-order valence-electron chi connectivity index (χ2n) is 5.78. The lowest BCUT2D eigenvalue weighted by atomic mass is 9.88. The van der Waals surface area contributed by atoms with Crippen LogP contribution in [0.15, 0.2) is 12.3 Å². The Morgan fingerprint density at radius 3 is 2.72 bits per heavy atom. The smallest absolute Gasteiger partial charge is 0.289 e. The van der Waals surface area contributed by atoms with Crippen molar-refractivity contribution in [1.29, 1.82) is 0 Å². The van der Waals surface area contributed by atoms with Gasteiger partial charge in [0.15, 0.2) is 0 Å². The molecule has 0 fully saturated rings. The maximum Gasteiger partial charge on any atom is 0.289 e. The van der Waals surface area contributed by atoms with Gasteiger partial charge in [-0.3, -0.25) is 4.98 Å². The van der Waals surface area contributed by atoms with E-state index in [9.17, 15) is 8.78 Å². The topological polar surface area (TPSA) is 16.1 Å². The average molecular weight is 254 g/mol. The van der Waals surface area contributed by atoms with E-state index in [0.29, 0.717) is 6.42 Å². The Bertz CT molecular complexity index is 455. The SMILES string of the molecule is CCCC(F)(F)c1cc2c(cn1)C(C)(C)CN2C. The Morgan fingerprint density at radius 2 is 2.11 bits per heavy atom. The predicted molar refractivity (Wildman–Crippen MR) is 69.3 cm³/mol. The van der Waals surface area contributed by atoms with Crippen molar-refractivity contribution in [1.82, 2.24) is 4.98 Å². The molecule has 1 aliphatic rings. The fourth-order valence-corrected chi connectivity index (χ4v) is 2.69. The van der Waals surface area contributed by atoms with E-state index in [1.807, 2.05) is 11.9 Å². The van der Waals surface area contributed by atoms with Crippen molar-refractivity contribution >= 4 is 5.69 Å². The van der Waals surface area contributed by atoms with E-state index in [0.717, 1.165) is 17.8 Å². The lowest BCUT2D eigenvalue weighted by molar-refractivity contribution is -0.0184. The van der Waals surface area contributed by atoms with Crippen molar-refractivity contribution in [3.05, 3.63) is 23.5 Å². The molecule has 0 spiro atoms. The summed E-state index contributed by atoms with van der Waals surface area (Å²) in [4.78, 5) is 6.02. The molecular formula is C14H20F2N2. The summed E-state index contributed by atoms with van der Waals surface area (Å²) in [6.45, 7) is 6.82. The third-order valence-electron chi connectivity index (χ3n) is 3.59. The minimum atomic E-state index is -2.82. The molecule has 0 atom stereocenters. The Morgan fingerprint density at radius 1 is 1.44 bits per heavy atom. The molecule has 1 aliphatic heterocycles. The van der Waals surface area contributed by atoms with E-state index in [-0.39, 0.29) is 17.5 Å². The van der Waals surface area contributed by atoms with Crippen LogP contribution in [0.1, 0.15) is 44.9 Å². The molecule has 1 aromatic heterocycles. The number of hydrogen-bond donors (Lipinski definition) is 0. The van der Waals surface area contributed by atoms with Crippen LogP contribution in [0.3, 0.4) is 0 Å². The molecular weight excluding hydrogens is 234 g/mol. The van der Waals surface area contributed by atoms with Crippen LogP contribution >= 0.6 is 0 Å². The van der Waals surface area contributed by atoms with Gasteiger partial charge in [-0.05, 0) is 6.07 Å². The van der Waals surface area contributed by atoms with Gasteiger partial charge in [-0.2, -0.15) is 8.78 Å². The number of halogens is 2. The number of aromatic nitrogens is 1. The second-order valence-corrected chi connectivity index (χ2v) is 5.78. The maximum atomic E-state index is 13.9. The highest BCUT2D eigenvalue weighted by molar-refractivity contribution is 5.61. The summed E-state index contributed by atoms with van der Waals surface area (Å²) in [5.74, 6) is -2.82. The monoisotopic (exact) mass is 254 g/mol. The lowest BCUT2D eigenvalue weighted by Crippen LogP contribution is -2.24. The van der Waals surface area contributed by atoms with Crippen molar-refractivity contribution in [3.63, 3.8) is 0 Å². The zero-order valence-corrected chi connectivity index (χ0v) is 11.4. The van der Waals surface area contributed by atoms with Crippen LogP contribution < -0.4 is 4.90 Å². The number of alkyl halides is 2. The van der Waals surface area contributed by atoms with Gasteiger partial charge in [0.2, 0.25) is 0 Å². The summed E-state index contributed by atoms with van der Waals surface area (Å²) in [6, 6.07) is 1.56. The van der Waals surface area contributed by atoms with E-state index in [1.165, 1.54) is 0 Å². The van der Waals surface area contributed by atoms with Gasteiger partial charge in [0.1, 0.15) is 5.69 Å². The number of rotatable bonds is 3. The van der Waals surface area contributed by atoms with Crippen molar-refractivity contribution in [2.24, 2.45) is 0 Å². The van der Waals surface area contributed by atoms with Crippen molar-refractivity contribution in [3.8, 4) is 0 Å². The first-order valence-electron chi connectivity index (χ1n) is 6.38. The van der Waals surface area contributed by atoms with E-state index in [2.05, 4.69) is 18.8 Å². The first-order chi connectivity index (χ1) is 8.28. The number of nitrogens with zero attached hydrogens (tertiary/aromatic N) is 2. The van der Waals surface area contributed by atoms with E-state index >= 15 is 0 Å². The van der Waals surface area contributed by atoms with Crippen LogP contribution in [0.25, 0.3) is 0 Å². The highest BCUT2D eigenvalue weighted by Crippen LogP contribution is 2.42. The van der Waals surface area contributed by atoms with Crippen molar-refractivity contribution < 1.29 is 8.78 Å². The van der Waals surface area contributed by atoms with Crippen molar-refractivity contribution in [2.45, 2.75) is 45.0 Å². The average Bonchev–Trinajstić information content (AvgIpc) is 2.49. The molecule has 0 amide bonds. The Hall–Kier alpha value is -1.19. The zero-order valence-electron chi connectivity index (χ0n) is 11.4. The molecule has 0 unspecified atom stereocenters. The summed E-state index contributed by atoms with van der Waals surface area (Å²) >= 11 is 0. The van der Waals surface area contributed by atoms with Crippen LogP contribution in [-0.4, -0.2) is 18.6 Å². The normalized spacial score (nSPS) is 18.0. The molecule has 0 saturated carbocycles. The minimum absolute atomic E-state index is 0.0182. The molecule has 18 heavy (non-hydrogen) atoms. The fraction of sp³-hybridized carbons (Fsp3) is 0.643. The van der Waals surface area contributed by atoms with Crippen LogP contribution in [0.5, 0.6) is 0 Å². The summed E-state index contributed by atoms with van der Waals surface area (Å²) < 4.78 is 27.7. The molecule has 0 N–H and O–H groups in total. The quantitative estimate of drug-likeness (QED) is 0.817. The zero-order chi connectivity index (χ0) is 13.6. The lowest BCUT2D eigenvalue weighted by Gasteiger charge is -2.18. The number of hydrogen-bond acceptors (Lipinski definition) is 2. The van der Waals surface area contributed by atoms with Gasteiger partial charge in [0, 0.05) is 42.9 Å². The first-order valence-corrected chi connectivity index (χ1v) is 6.38. The molecule has 0 aromatic carbocycles. The van der Waals surface area contributed by atoms with Gasteiger partial charge >= 0.3 is 0 Å². The van der Waals surface area contributed by atoms with Crippen LogP contribution in [0.2, 0.25) is 0 Å². The fourth-order valence-electron chi connectivity index (χ4n) is 2.69. The molecule has 1 aromatic rings. The number of anilines is 1. The van der Waals surface area contributed by atoms with Gasteiger partial charge in [0.05, 0.1) is 0 Å². The molecule has 2 heterocycles. The van der Waals surface area contributed by atoms with Gasteiger partial charge < -0.3 is 4.90 Å². The number of pyridine rings is 1. The van der Waals surface area contributed by atoms with Gasteiger partial charge in [-0.1, -0.05) is 27.2 Å². The van der Waals surface area contributed by atoms with Crippen LogP contribution in [0, 0.1) is 0 Å². The summed E-state index contributed by atoms with van der Waals surface area (Å²) in [7, 11) is 1.94. The van der Waals surface area contributed by atoms with Crippen LogP contribution in [-0.2, 0) is 11.3 Å². The van der Waals surface area contributed by atoms with E-state index in [4.69, 9.17) is 0 Å². The van der Waals surface area contributed by atoms with Crippen LogP contribution in [0.4, 0.5) is 14.5 Å². The van der Waals surface area contributed by atoms with Crippen molar-refractivity contribution in [2.75, 3.05) is 18.5 Å². The molecule has 0 aliphatic carbocycles. The molecule has 0 saturated heterocycles. The van der Waals surface area contributed by atoms with E-state index < -0.39 is 5.92 Å². The summed E-state index contributed by atoms with van der Waals surface area (Å²) in [5, 5.41) is 0. The Balaban J connectivity index is 2.43. The Kier molecular flexibility index (Phi) is 3.07.